The molecule has 25 heavy (non-hydrogen) atoms. The molecule has 1 aromatic carbocycles. The van der Waals surface area contributed by atoms with Crippen molar-refractivity contribution < 1.29 is 19.4 Å². The molecule has 1 aromatic heterocycles. The highest BCUT2D eigenvalue weighted by atomic mass is 35.5. The molecule has 1 unspecified atom stereocenters. The van der Waals surface area contributed by atoms with Crippen molar-refractivity contribution in [1.29, 1.82) is 0 Å². The van der Waals surface area contributed by atoms with Gasteiger partial charge in [-0.2, -0.15) is 0 Å². The van der Waals surface area contributed by atoms with E-state index in [2.05, 4.69) is 10.6 Å². The summed E-state index contributed by atoms with van der Waals surface area (Å²) in [7, 11) is 0. The van der Waals surface area contributed by atoms with Gasteiger partial charge in [0.1, 0.15) is 6.10 Å². The second-order valence-electron chi connectivity index (χ2n) is 5.23. The van der Waals surface area contributed by atoms with Gasteiger partial charge in [-0.15, -0.1) is 11.3 Å². The van der Waals surface area contributed by atoms with Crippen molar-refractivity contribution in [2.75, 3.05) is 25.1 Å². The summed E-state index contributed by atoms with van der Waals surface area (Å²) in [6, 6.07) is 8.75. The Balaban J connectivity index is 1.90. The van der Waals surface area contributed by atoms with E-state index in [0.717, 1.165) is 10.4 Å². The molecule has 2 rings (SSSR count). The normalized spacial score (nSPS) is 11.8. The average molecular weight is 383 g/mol. The number of carbonyl (C=O) groups excluding carboxylic acids is 2. The number of anilines is 1. The number of thiophene rings is 1. The molecule has 8 heteroatoms. The molecule has 0 saturated carbocycles. The lowest BCUT2D eigenvalue weighted by molar-refractivity contribution is -0.136. The fourth-order valence-electron chi connectivity index (χ4n) is 2.04. The molecular weight excluding hydrogens is 364 g/mol. The maximum atomic E-state index is 12.0. The maximum absolute atomic E-state index is 12.0. The lowest BCUT2D eigenvalue weighted by Crippen LogP contribution is -2.38. The van der Waals surface area contributed by atoms with Crippen molar-refractivity contribution in [3.8, 4) is 0 Å². The average Bonchev–Trinajstić information content (AvgIpc) is 3.12. The third-order valence-corrected chi connectivity index (χ3v) is 4.73. The zero-order valence-electron chi connectivity index (χ0n) is 13.6. The molecule has 0 fully saturated rings. The highest BCUT2D eigenvalue weighted by Crippen LogP contribution is 2.22. The van der Waals surface area contributed by atoms with Crippen LogP contribution in [0.4, 0.5) is 5.69 Å². The Morgan fingerprint density at radius 1 is 1.32 bits per heavy atom. The standard InChI is InChI=1S/C17H19ClN2O4S/c1-11-4-5-12(9-13(11)18)20-17(23)16(22)19-10-14(24-7-6-21)15-3-2-8-25-15/h2-5,8-9,14,21H,6-7,10H2,1H3,(H,19,22)(H,20,23). The Kier molecular flexibility index (Phi) is 7.39. The Morgan fingerprint density at radius 2 is 2.12 bits per heavy atom. The molecule has 2 amide bonds. The van der Waals surface area contributed by atoms with Crippen molar-refractivity contribution >= 4 is 40.4 Å². The Morgan fingerprint density at radius 3 is 2.76 bits per heavy atom. The Hall–Kier alpha value is -1.93. The molecule has 6 nitrogen and oxygen atoms in total. The van der Waals surface area contributed by atoms with Gasteiger partial charge in [-0.1, -0.05) is 23.7 Å². The van der Waals surface area contributed by atoms with Crippen molar-refractivity contribution in [2.24, 2.45) is 0 Å². The minimum Gasteiger partial charge on any atom is -0.394 e. The zero-order valence-corrected chi connectivity index (χ0v) is 15.2. The molecule has 0 aliphatic rings. The predicted molar refractivity (Wildman–Crippen MR) is 97.9 cm³/mol. The van der Waals surface area contributed by atoms with Gasteiger partial charge >= 0.3 is 11.8 Å². The number of ether oxygens (including phenoxy) is 1. The monoisotopic (exact) mass is 382 g/mol. The number of aryl methyl sites for hydroxylation is 1. The first kappa shape index (κ1) is 19.4. The van der Waals surface area contributed by atoms with Crippen LogP contribution >= 0.6 is 22.9 Å². The van der Waals surface area contributed by atoms with Crippen LogP contribution in [0.5, 0.6) is 0 Å². The minimum absolute atomic E-state index is 0.121. The molecule has 1 heterocycles. The molecule has 134 valence electrons. The fourth-order valence-corrected chi connectivity index (χ4v) is 2.99. The van der Waals surface area contributed by atoms with E-state index in [4.69, 9.17) is 21.4 Å². The number of benzene rings is 1. The van der Waals surface area contributed by atoms with E-state index in [1.807, 2.05) is 24.4 Å². The van der Waals surface area contributed by atoms with Crippen LogP contribution < -0.4 is 10.6 Å². The van der Waals surface area contributed by atoms with Crippen LogP contribution in [0.15, 0.2) is 35.7 Å². The molecule has 3 N–H and O–H groups in total. The van der Waals surface area contributed by atoms with E-state index in [1.165, 1.54) is 11.3 Å². The number of halogens is 1. The van der Waals surface area contributed by atoms with Gasteiger partial charge in [-0.3, -0.25) is 9.59 Å². The first-order valence-corrected chi connectivity index (χ1v) is 8.88. The highest BCUT2D eigenvalue weighted by molar-refractivity contribution is 7.10. The summed E-state index contributed by atoms with van der Waals surface area (Å²) in [5.41, 5.74) is 1.33. The number of nitrogens with one attached hydrogen (secondary N) is 2. The quantitative estimate of drug-likeness (QED) is 0.642. The van der Waals surface area contributed by atoms with E-state index >= 15 is 0 Å². The van der Waals surface area contributed by atoms with Gasteiger partial charge in [0.25, 0.3) is 0 Å². The highest BCUT2D eigenvalue weighted by Gasteiger charge is 2.18. The van der Waals surface area contributed by atoms with Crippen molar-refractivity contribution in [2.45, 2.75) is 13.0 Å². The summed E-state index contributed by atoms with van der Waals surface area (Å²) in [5, 5.41) is 16.3. The number of aliphatic hydroxyl groups excluding tert-OH is 1. The summed E-state index contributed by atoms with van der Waals surface area (Å²) < 4.78 is 5.51. The Labute approximate surface area is 154 Å². The largest absolute Gasteiger partial charge is 0.394 e. The zero-order chi connectivity index (χ0) is 18.2. The molecule has 2 aromatic rings. The summed E-state index contributed by atoms with van der Waals surface area (Å²) in [6.07, 6.45) is -0.419. The summed E-state index contributed by atoms with van der Waals surface area (Å²) in [5.74, 6) is -1.56. The molecule has 0 saturated heterocycles. The summed E-state index contributed by atoms with van der Waals surface area (Å²) in [6.45, 7) is 2.00. The van der Waals surface area contributed by atoms with Gasteiger partial charge in [0, 0.05) is 22.1 Å². The lowest BCUT2D eigenvalue weighted by Gasteiger charge is -2.16. The van der Waals surface area contributed by atoms with Crippen LogP contribution in [0.25, 0.3) is 0 Å². The van der Waals surface area contributed by atoms with Crippen molar-refractivity contribution in [3.63, 3.8) is 0 Å². The van der Waals surface area contributed by atoms with Gasteiger partial charge in [-0.25, -0.2) is 0 Å². The molecule has 1 atom stereocenters. The van der Waals surface area contributed by atoms with Gasteiger partial charge < -0.3 is 20.5 Å². The minimum atomic E-state index is -0.785. The van der Waals surface area contributed by atoms with E-state index in [9.17, 15) is 9.59 Å². The number of hydrogen-bond acceptors (Lipinski definition) is 5. The number of carbonyl (C=O) groups is 2. The number of amides is 2. The third kappa shape index (κ3) is 5.82. The van der Waals surface area contributed by atoms with Crippen LogP contribution in [0.3, 0.4) is 0 Å². The molecule has 0 radical (unpaired) electrons. The smallest absolute Gasteiger partial charge is 0.313 e. The fraction of sp³-hybridized carbons (Fsp3) is 0.294. The topological polar surface area (TPSA) is 87.7 Å². The van der Waals surface area contributed by atoms with E-state index in [-0.39, 0.29) is 19.8 Å². The number of rotatable bonds is 7. The molecule has 0 spiro atoms. The van der Waals surface area contributed by atoms with Gasteiger partial charge in [0.2, 0.25) is 0 Å². The Bertz CT molecular complexity index is 721. The van der Waals surface area contributed by atoms with Gasteiger partial charge in [0.05, 0.1) is 13.2 Å². The second kappa shape index (κ2) is 9.53. The van der Waals surface area contributed by atoms with E-state index in [0.29, 0.717) is 10.7 Å². The summed E-state index contributed by atoms with van der Waals surface area (Å²) >= 11 is 7.47. The van der Waals surface area contributed by atoms with Gasteiger partial charge in [-0.05, 0) is 36.1 Å². The van der Waals surface area contributed by atoms with Crippen molar-refractivity contribution in [3.05, 3.63) is 51.2 Å². The molecule has 0 aliphatic carbocycles. The third-order valence-electron chi connectivity index (χ3n) is 3.35. The summed E-state index contributed by atoms with van der Waals surface area (Å²) in [4.78, 5) is 24.9. The maximum Gasteiger partial charge on any atom is 0.313 e. The van der Waals surface area contributed by atoms with E-state index in [1.54, 1.807) is 18.2 Å². The first-order chi connectivity index (χ1) is 12.0. The predicted octanol–water partition coefficient (Wildman–Crippen LogP) is 2.51. The van der Waals surface area contributed by atoms with Crippen LogP contribution in [0, 0.1) is 6.92 Å². The second-order valence-corrected chi connectivity index (χ2v) is 6.61. The van der Waals surface area contributed by atoms with Crippen molar-refractivity contribution in [1.82, 2.24) is 5.32 Å². The van der Waals surface area contributed by atoms with Crippen LogP contribution in [-0.2, 0) is 14.3 Å². The SMILES string of the molecule is Cc1ccc(NC(=O)C(=O)NCC(OCCO)c2cccs2)cc1Cl. The molecule has 0 bridgehead atoms. The van der Waals surface area contributed by atoms with Crippen LogP contribution in [-0.4, -0.2) is 36.7 Å². The number of hydrogen-bond donors (Lipinski definition) is 3. The first-order valence-electron chi connectivity index (χ1n) is 7.62. The number of aliphatic hydroxyl groups is 1. The van der Waals surface area contributed by atoms with E-state index < -0.39 is 17.9 Å². The molecular formula is C17H19ClN2O4S. The molecule has 0 aliphatic heterocycles. The van der Waals surface area contributed by atoms with Gasteiger partial charge in [0.15, 0.2) is 0 Å². The lowest BCUT2D eigenvalue weighted by atomic mass is 10.2. The van der Waals surface area contributed by atoms with Crippen LogP contribution in [0.2, 0.25) is 5.02 Å². The van der Waals surface area contributed by atoms with Crippen LogP contribution in [0.1, 0.15) is 16.5 Å².